The van der Waals surface area contributed by atoms with Gasteiger partial charge < -0.3 is 10.1 Å². The van der Waals surface area contributed by atoms with Gasteiger partial charge in [-0.05, 0) is 35.9 Å². The summed E-state index contributed by atoms with van der Waals surface area (Å²) in [6.07, 6.45) is -0.213. The van der Waals surface area contributed by atoms with Gasteiger partial charge in [-0.15, -0.1) is 0 Å². The molecule has 20 heavy (non-hydrogen) atoms. The van der Waals surface area contributed by atoms with Crippen LogP contribution in [0, 0.1) is 0 Å². The van der Waals surface area contributed by atoms with E-state index in [-0.39, 0.29) is 12.0 Å². The van der Waals surface area contributed by atoms with Crippen molar-refractivity contribution in [3.63, 3.8) is 0 Å². The first-order chi connectivity index (χ1) is 9.63. The van der Waals surface area contributed by atoms with Crippen LogP contribution >= 0.6 is 27.5 Å². The van der Waals surface area contributed by atoms with Gasteiger partial charge in [0, 0.05) is 9.50 Å². The van der Waals surface area contributed by atoms with E-state index in [0.717, 1.165) is 10.0 Å². The Kier molecular flexibility index (Phi) is 3.68. The SMILES string of the molecule is O=C1NCC(c2ccc(Br)cc2)Oc2ccc(Cl)cc21. The Morgan fingerprint density at radius 3 is 2.70 bits per heavy atom. The minimum atomic E-state index is -0.213. The van der Waals surface area contributed by atoms with Crippen molar-refractivity contribution in [2.24, 2.45) is 0 Å². The Morgan fingerprint density at radius 1 is 1.20 bits per heavy atom. The highest BCUT2D eigenvalue weighted by Gasteiger charge is 2.23. The van der Waals surface area contributed by atoms with Gasteiger partial charge in [-0.1, -0.05) is 39.7 Å². The van der Waals surface area contributed by atoms with Crippen LogP contribution in [0.2, 0.25) is 5.02 Å². The van der Waals surface area contributed by atoms with Crippen LogP contribution in [-0.2, 0) is 0 Å². The van der Waals surface area contributed by atoms with Gasteiger partial charge in [-0.3, -0.25) is 4.79 Å². The standard InChI is InChI=1S/C15H11BrClNO2/c16-10-3-1-9(2-4-10)14-8-18-15(19)12-7-11(17)5-6-13(12)20-14/h1-7,14H,8H2,(H,18,19). The summed E-state index contributed by atoms with van der Waals surface area (Å²) in [6, 6.07) is 12.9. The van der Waals surface area contributed by atoms with Crippen LogP contribution in [-0.4, -0.2) is 12.5 Å². The first-order valence-electron chi connectivity index (χ1n) is 6.13. The molecule has 1 unspecified atom stereocenters. The maximum absolute atomic E-state index is 12.0. The molecule has 2 aromatic carbocycles. The molecule has 0 aromatic heterocycles. The van der Waals surface area contributed by atoms with Crippen LogP contribution in [0.4, 0.5) is 0 Å². The molecule has 1 amide bonds. The second-order valence-corrected chi connectivity index (χ2v) is 5.86. The molecular formula is C15H11BrClNO2. The van der Waals surface area contributed by atoms with Gasteiger partial charge in [0.15, 0.2) is 0 Å². The second kappa shape index (κ2) is 5.46. The monoisotopic (exact) mass is 351 g/mol. The number of carbonyl (C=O) groups is 1. The van der Waals surface area contributed by atoms with E-state index in [1.165, 1.54) is 0 Å². The number of fused-ring (bicyclic) bond motifs is 1. The molecule has 0 aliphatic carbocycles. The van der Waals surface area contributed by atoms with E-state index in [0.29, 0.717) is 22.9 Å². The first kappa shape index (κ1) is 13.5. The van der Waals surface area contributed by atoms with Crippen molar-refractivity contribution in [3.05, 3.63) is 63.1 Å². The van der Waals surface area contributed by atoms with E-state index in [4.69, 9.17) is 16.3 Å². The third-order valence-electron chi connectivity index (χ3n) is 3.15. The Balaban J connectivity index is 1.96. The number of halogens is 2. The van der Waals surface area contributed by atoms with Crippen LogP contribution in [0.1, 0.15) is 22.0 Å². The highest BCUT2D eigenvalue weighted by atomic mass is 79.9. The van der Waals surface area contributed by atoms with Gasteiger partial charge in [0.2, 0.25) is 0 Å². The molecule has 1 heterocycles. The second-order valence-electron chi connectivity index (χ2n) is 4.51. The van der Waals surface area contributed by atoms with Gasteiger partial charge in [0.05, 0.1) is 12.1 Å². The van der Waals surface area contributed by atoms with E-state index in [2.05, 4.69) is 21.2 Å². The lowest BCUT2D eigenvalue weighted by atomic mass is 10.1. The van der Waals surface area contributed by atoms with Crippen molar-refractivity contribution in [3.8, 4) is 5.75 Å². The molecule has 0 spiro atoms. The van der Waals surface area contributed by atoms with Crippen LogP contribution in [0.15, 0.2) is 46.9 Å². The number of hydrogen-bond donors (Lipinski definition) is 1. The number of carbonyl (C=O) groups excluding carboxylic acids is 1. The number of ether oxygens (including phenoxy) is 1. The summed E-state index contributed by atoms with van der Waals surface area (Å²) in [5.41, 5.74) is 1.48. The summed E-state index contributed by atoms with van der Waals surface area (Å²) in [6.45, 7) is 0.423. The van der Waals surface area contributed by atoms with Crippen molar-refractivity contribution in [2.75, 3.05) is 6.54 Å². The Hall–Kier alpha value is -1.52. The van der Waals surface area contributed by atoms with Gasteiger partial charge >= 0.3 is 0 Å². The molecule has 3 nitrogen and oxygen atoms in total. The Morgan fingerprint density at radius 2 is 1.95 bits per heavy atom. The van der Waals surface area contributed by atoms with Crippen LogP contribution in [0.5, 0.6) is 5.75 Å². The maximum atomic E-state index is 12.0. The van der Waals surface area contributed by atoms with Gasteiger partial charge in [-0.2, -0.15) is 0 Å². The smallest absolute Gasteiger partial charge is 0.255 e. The van der Waals surface area contributed by atoms with Crippen LogP contribution < -0.4 is 10.1 Å². The number of benzene rings is 2. The Labute approximate surface area is 130 Å². The molecule has 1 aliphatic rings. The van der Waals surface area contributed by atoms with Crippen molar-refractivity contribution in [2.45, 2.75) is 6.10 Å². The fourth-order valence-corrected chi connectivity index (χ4v) is 2.56. The average Bonchev–Trinajstić information content (AvgIpc) is 2.60. The molecule has 0 fully saturated rings. The summed E-state index contributed by atoms with van der Waals surface area (Å²) in [4.78, 5) is 12.0. The molecule has 0 saturated heterocycles. The first-order valence-corrected chi connectivity index (χ1v) is 7.30. The zero-order valence-corrected chi connectivity index (χ0v) is 12.7. The van der Waals surface area contributed by atoms with Gasteiger partial charge in [-0.25, -0.2) is 0 Å². The van der Waals surface area contributed by atoms with E-state index >= 15 is 0 Å². The largest absolute Gasteiger partial charge is 0.483 e. The van der Waals surface area contributed by atoms with Crippen molar-refractivity contribution >= 4 is 33.4 Å². The molecule has 1 N–H and O–H groups in total. The molecular weight excluding hydrogens is 342 g/mol. The van der Waals surface area contributed by atoms with Crippen molar-refractivity contribution < 1.29 is 9.53 Å². The zero-order chi connectivity index (χ0) is 14.1. The molecule has 3 rings (SSSR count). The molecule has 0 bridgehead atoms. The Bertz CT molecular complexity index is 657. The minimum Gasteiger partial charge on any atom is -0.483 e. The van der Waals surface area contributed by atoms with E-state index < -0.39 is 0 Å². The third-order valence-corrected chi connectivity index (χ3v) is 3.91. The number of rotatable bonds is 1. The molecule has 2 aromatic rings. The lowest BCUT2D eigenvalue weighted by molar-refractivity contribution is 0.0951. The van der Waals surface area contributed by atoms with E-state index in [1.807, 2.05) is 24.3 Å². The maximum Gasteiger partial charge on any atom is 0.255 e. The summed E-state index contributed by atoms with van der Waals surface area (Å²) < 4.78 is 6.96. The fourth-order valence-electron chi connectivity index (χ4n) is 2.12. The zero-order valence-electron chi connectivity index (χ0n) is 10.4. The van der Waals surface area contributed by atoms with Gasteiger partial charge in [0.1, 0.15) is 11.9 Å². The molecule has 5 heteroatoms. The normalized spacial score (nSPS) is 17.7. The molecule has 0 radical (unpaired) electrons. The number of amides is 1. The highest BCUT2D eigenvalue weighted by molar-refractivity contribution is 9.10. The lowest BCUT2D eigenvalue weighted by Crippen LogP contribution is -2.26. The van der Waals surface area contributed by atoms with Crippen LogP contribution in [0.3, 0.4) is 0 Å². The number of hydrogen-bond acceptors (Lipinski definition) is 2. The fraction of sp³-hybridized carbons (Fsp3) is 0.133. The predicted octanol–water partition coefficient (Wildman–Crippen LogP) is 3.97. The molecule has 1 aliphatic heterocycles. The predicted molar refractivity (Wildman–Crippen MR) is 81.3 cm³/mol. The highest BCUT2D eigenvalue weighted by Crippen LogP contribution is 2.30. The minimum absolute atomic E-state index is 0.165. The lowest BCUT2D eigenvalue weighted by Gasteiger charge is -2.17. The van der Waals surface area contributed by atoms with E-state index in [1.54, 1.807) is 18.2 Å². The average molecular weight is 353 g/mol. The van der Waals surface area contributed by atoms with Gasteiger partial charge in [0.25, 0.3) is 5.91 Å². The molecule has 102 valence electrons. The van der Waals surface area contributed by atoms with Crippen LogP contribution in [0.25, 0.3) is 0 Å². The summed E-state index contributed by atoms with van der Waals surface area (Å²) >= 11 is 9.33. The quantitative estimate of drug-likeness (QED) is 0.843. The van der Waals surface area contributed by atoms with E-state index in [9.17, 15) is 4.79 Å². The summed E-state index contributed by atoms with van der Waals surface area (Å²) in [7, 11) is 0. The van der Waals surface area contributed by atoms with Crippen molar-refractivity contribution in [1.82, 2.24) is 5.32 Å². The molecule has 0 saturated carbocycles. The van der Waals surface area contributed by atoms with Crippen molar-refractivity contribution in [1.29, 1.82) is 0 Å². The third kappa shape index (κ3) is 2.67. The summed E-state index contributed by atoms with van der Waals surface area (Å²) in [5.74, 6) is 0.388. The topological polar surface area (TPSA) is 38.3 Å². The summed E-state index contributed by atoms with van der Waals surface area (Å²) in [5, 5.41) is 3.37. The number of nitrogens with one attached hydrogen (secondary N) is 1. The molecule has 1 atom stereocenters.